The fourth-order valence-electron chi connectivity index (χ4n) is 2.52. The highest BCUT2D eigenvalue weighted by molar-refractivity contribution is 6.09. The Bertz CT molecular complexity index is 623. The van der Waals surface area contributed by atoms with Gasteiger partial charge < -0.3 is 0 Å². The topological polar surface area (TPSA) is 20.3 Å². The number of hydrogen-bond donors (Lipinski definition) is 0. The van der Waals surface area contributed by atoms with Crippen LogP contribution in [0.25, 0.3) is 0 Å². The molecule has 1 aliphatic rings. The van der Waals surface area contributed by atoms with E-state index in [9.17, 15) is 4.79 Å². The van der Waals surface area contributed by atoms with Crippen molar-refractivity contribution in [2.45, 2.75) is 6.54 Å². The molecular formula is C18H17NO. The van der Waals surface area contributed by atoms with Crippen molar-refractivity contribution in [1.82, 2.24) is 4.90 Å². The predicted molar refractivity (Wildman–Crippen MR) is 80.7 cm³/mol. The number of carbonyl (C=O) groups excluding carboxylic acids is 1. The van der Waals surface area contributed by atoms with Crippen molar-refractivity contribution in [3.05, 3.63) is 83.4 Å². The summed E-state index contributed by atoms with van der Waals surface area (Å²) in [7, 11) is 0. The van der Waals surface area contributed by atoms with Gasteiger partial charge in [0.05, 0.1) is 0 Å². The highest BCUT2D eigenvalue weighted by Gasteiger charge is 2.15. The molecule has 20 heavy (non-hydrogen) atoms. The van der Waals surface area contributed by atoms with Crippen LogP contribution in [0.4, 0.5) is 0 Å². The molecule has 0 atom stereocenters. The summed E-state index contributed by atoms with van der Waals surface area (Å²) in [5.74, 6) is 0.105. The van der Waals surface area contributed by atoms with E-state index in [1.807, 2.05) is 48.5 Å². The maximum absolute atomic E-state index is 12.6. The van der Waals surface area contributed by atoms with Gasteiger partial charge in [-0.3, -0.25) is 9.69 Å². The lowest BCUT2D eigenvalue weighted by atomic mass is 9.98. The maximum atomic E-state index is 12.6. The van der Waals surface area contributed by atoms with Gasteiger partial charge in [0, 0.05) is 30.8 Å². The molecule has 1 aliphatic heterocycles. The zero-order chi connectivity index (χ0) is 13.8. The summed E-state index contributed by atoms with van der Waals surface area (Å²) in [5, 5.41) is 0. The van der Waals surface area contributed by atoms with Gasteiger partial charge in [0.2, 0.25) is 0 Å². The summed E-state index contributed by atoms with van der Waals surface area (Å²) in [5.41, 5.74) is 2.66. The van der Waals surface area contributed by atoms with Gasteiger partial charge in [0.15, 0.2) is 5.78 Å². The van der Waals surface area contributed by atoms with Crippen molar-refractivity contribution >= 4 is 5.78 Å². The van der Waals surface area contributed by atoms with E-state index in [1.165, 1.54) is 0 Å². The second-order valence-corrected chi connectivity index (χ2v) is 5.02. The van der Waals surface area contributed by atoms with E-state index in [1.54, 1.807) is 0 Å². The Morgan fingerprint density at radius 3 is 2.30 bits per heavy atom. The summed E-state index contributed by atoms with van der Waals surface area (Å²) in [6, 6.07) is 17.4. The number of hydrogen-bond acceptors (Lipinski definition) is 2. The summed E-state index contributed by atoms with van der Waals surface area (Å²) in [6.07, 6.45) is 4.34. The molecule has 0 aliphatic carbocycles. The summed E-state index contributed by atoms with van der Waals surface area (Å²) >= 11 is 0. The fraction of sp³-hybridized carbons (Fsp3) is 0.167. The third kappa shape index (κ3) is 2.70. The van der Waals surface area contributed by atoms with Crippen LogP contribution >= 0.6 is 0 Å². The molecule has 0 saturated heterocycles. The first-order valence-electron chi connectivity index (χ1n) is 6.89. The highest BCUT2D eigenvalue weighted by Crippen LogP contribution is 2.17. The van der Waals surface area contributed by atoms with Crippen molar-refractivity contribution in [2.24, 2.45) is 0 Å². The van der Waals surface area contributed by atoms with Gasteiger partial charge in [0.1, 0.15) is 0 Å². The maximum Gasteiger partial charge on any atom is 0.193 e. The van der Waals surface area contributed by atoms with Crippen molar-refractivity contribution in [1.29, 1.82) is 0 Å². The van der Waals surface area contributed by atoms with Crippen molar-refractivity contribution in [3.63, 3.8) is 0 Å². The first-order chi connectivity index (χ1) is 9.84. The first kappa shape index (κ1) is 12.8. The number of ketones is 1. The van der Waals surface area contributed by atoms with Crippen LogP contribution in [0, 0.1) is 0 Å². The molecule has 0 bridgehead atoms. The molecule has 2 aromatic rings. The molecule has 0 radical (unpaired) electrons. The number of benzene rings is 2. The molecule has 0 saturated carbocycles. The highest BCUT2D eigenvalue weighted by atomic mass is 16.1. The Hall–Kier alpha value is -2.19. The van der Waals surface area contributed by atoms with Crippen LogP contribution in [0.5, 0.6) is 0 Å². The number of carbonyl (C=O) groups is 1. The Morgan fingerprint density at radius 1 is 0.900 bits per heavy atom. The second-order valence-electron chi connectivity index (χ2n) is 5.02. The molecule has 0 amide bonds. The van der Waals surface area contributed by atoms with Gasteiger partial charge in [-0.25, -0.2) is 0 Å². The van der Waals surface area contributed by atoms with E-state index in [4.69, 9.17) is 0 Å². The van der Waals surface area contributed by atoms with Gasteiger partial charge >= 0.3 is 0 Å². The lowest BCUT2D eigenvalue weighted by Gasteiger charge is -2.17. The molecule has 2 nitrogen and oxygen atoms in total. The largest absolute Gasteiger partial charge is 0.292 e. The van der Waals surface area contributed by atoms with E-state index in [-0.39, 0.29) is 5.78 Å². The monoisotopic (exact) mass is 263 g/mol. The molecule has 0 unspecified atom stereocenters. The van der Waals surface area contributed by atoms with E-state index < -0.39 is 0 Å². The average molecular weight is 263 g/mol. The smallest absolute Gasteiger partial charge is 0.193 e. The van der Waals surface area contributed by atoms with Gasteiger partial charge in [0.25, 0.3) is 0 Å². The normalized spacial score (nSPS) is 14.6. The molecule has 2 aromatic carbocycles. The standard InChI is InChI=1S/C18H17NO/c20-18(15-8-2-1-3-9-15)17-11-5-4-10-16(17)14-19-12-6-7-13-19/h1-11H,12-14H2. The van der Waals surface area contributed by atoms with Crippen molar-refractivity contribution in [2.75, 3.05) is 13.1 Å². The Morgan fingerprint density at radius 2 is 1.55 bits per heavy atom. The molecule has 100 valence electrons. The van der Waals surface area contributed by atoms with Gasteiger partial charge in [-0.05, 0) is 5.56 Å². The lowest BCUT2D eigenvalue weighted by molar-refractivity contribution is 0.103. The summed E-state index contributed by atoms with van der Waals surface area (Å²) in [4.78, 5) is 14.9. The molecule has 0 aromatic heterocycles. The first-order valence-corrected chi connectivity index (χ1v) is 6.89. The minimum atomic E-state index is 0.105. The second kappa shape index (κ2) is 5.85. The van der Waals surface area contributed by atoms with Crippen LogP contribution < -0.4 is 0 Å². The molecule has 3 rings (SSSR count). The van der Waals surface area contributed by atoms with Crippen LogP contribution in [0.2, 0.25) is 0 Å². The summed E-state index contributed by atoms with van der Waals surface area (Å²) in [6.45, 7) is 2.75. The minimum Gasteiger partial charge on any atom is -0.292 e. The Balaban J connectivity index is 1.87. The Kier molecular flexibility index (Phi) is 3.75. The third-order valence-electron chi connectivity index (χ3n) is 3.59. The third-order valence-corrected chi connectivity index (χ3v) is 3.59. The van der Waals surface area contributed by atoms with Crippen LogP contribution in [0.15, 0.2) is 66.7 Å². The van der Waals surface area contributed by atoms with Crippen LogP contribution in [-0.2, 0) is 6.54 Å². The molecule has 2 heteroatoms. The molecule has 0 fully saturated rings. The molecule has 0 N–H and O–H groups in total. The van der Waals surface area contributed by atoms with Crippen molar-refractivity contribution < 1.29 is 4.79 Å². The number of rotatable bonds is 4. The van der Waals surface area contributed by atoms with Gasteiger partial charge in [-0.1, -0.05) is 66.7 Å². The van der Waals surface area contributed by atoms with E-state index in [0.717, 1.165) is 36.3 Å². The van der Waals surface area contributed by atoms with Crippen LogP contribution in [0.3, 0.4) is 0 Å². The predicted octanol–water partition coefficient (Wildman–Crippen LogP) is 3.29. The fourth-order valence-corrected chi connectivity index (χ4v) is 2.52. The number of nitrogens with zero attached hydrogens (tertiary/aromatic N) is 1. The molecular weight excluding hydrogens is 246 g/mol. The zero-order valence-corrected chi connectivity index (χ0v) is 11.3. The average Bonchev–Trinajstić information content (AvgIpc) is 3.01. The van der Waals surface area contributed by atoms with E-state index in [0.29, 0.717) is 0 Å². The molecule has 0 spiro atoms. The van der Waals surface area contributed by atoms with Crippen LogP contribution in [-0.4, -0.2) is 23.8 Å². The van der Waals surface area contributed by atoms with Crippen molar-refractivity contribution in [3.8, 4) is 0 Å². The zero-order valence-electron chi connectivity index (χ0n) is 11.3. The minimum absolute atomic E-state index is 0.105. The van der Waals surface area contributed by atoms with Gasteiger partial charge in [-0.15, -0.1) is 0 Å². The quantitative estimate of drug-likeness (QED) is 0.623. The summed E-state index contributed by atoms with van der Waals surface area (Å²) < 4.78 is 0. The lowest BCUT2D eigenvalue weighted by Crippen LogP contribution is -2.21. The van der Waals surface area contributed by atoms with Crippen LogP contribution in [0.1, 0.15) is 21.5 Å². The molecule has 1 heterocycles. The SMILES string of the molecule is O=C(c1ccccc1)c1ccccc1CN1CC=CC1. The van der Waals surface area contributed by atoms with Gasteiger partial charge in [-0.2, -0.15) is 0 Å². The van der Waals surface area contributed by atoms with E-state index in [2.05, 4.69) is 23.1 Å². The Labute approximate surface area is 119 Å². The van der Waals surface area contributed by atoms with E-state index >= 15 is 0 Å².